The Morgan fingerprint density at radius 2 is 1.68 bits per heavy atom. The molecule has 0 unspecified atom stereocenters. The monoisotopic (exact) mass is 421 g/mol. The van der Waals surface area contributed by atoms with Crippen LogP contribution in [-0.4, -0.2) is 4.98 Å². The molecule has 3 aromatic carbocycles. The summed E-state index contributed by atoms with van der Waals surface area (Å²) in [4.78, 5) is 4.80. The van der Waals surface area contributed by atoms with E-state index in [9.17, 15) is 0 Å². The van der Waals surface area contributed by atoms with Crippen molar-refractivity contribution in [3.05, 3.63) is 77.3 Å². The molecule has 152 valence electrons. The van der Waals surface area contributed by atoms with Gasteiger partial charge in [0, 0.05) is 32.6 Å². The maximum absolute atomic E-state index is 6.57. The quantitative estimate of drug-likeness (QED) is 0.265. The molecule has 3 heterocycles. The summed E-state index contributed by atoms with van der Waals surface area (Å²) in [7, 11) is 0. The van der Waals surface area contributed by atoms with E-state index >= 15 is 0 Å². The van der Waals surface area contributed by atoms with Crippen molar-refractivity contribution in [2.45, 2.75) is 33.1 Å². The first kappa shape index (κ1) is 18.6. The summed E-state index contributed by atoms with van der Waals surface area (Å²) >= 11 is 1.77. The van der Waals surface area contributed by atoms with E-state index in [0.29, 0.717) is 0 Å². The molecule has 0 N–H and O–H groups in total. The van der Waals surface area contributed by atoms with Crippen LogP contribution < -0.4 is 0 Å². The van der Waals surface area contributed by atoms with E-state index < -0.39 is 0 Å². The molecule has 0 aliphatic rings. The van der Waals surface area contributed by atoms with Crippen molar-refractivity contribution in [2.75, 3.05) is 0 Å². The van der Waals surface area contributed by atoms with Gasteiger partial charge in [-0.3, -0.25) is 4.98 Å². The Labute approximate surface area is 185 Å². The number of furan rings is 1. The molecule has 6 aromatic rings. The summed E-state index contributed by atoms with van der Waals surface area (Å²) in [6, 6.07) is 19.6. The van der Waals surface area contributed by atoms with E-state index in [1.54, 1.807) is 11.3 Å². The molecular formula is C28H23NOS. The van der Waals surface area contributed by atoms with Crippen molar-refractivity contribution < 1.29 is 4.42 Å². The van der Waals surface area contributed by atoms with Crippen molar-refractivity contribution in [1.82, 2.24) is 4.98 Å². The molecule has 0 spiro atoms. The number of rotatable bonds is 1. The van der Waals surface area contributed by atoms with Crippen molar-refractivity contribution in [2.24, 2.45) is 0 Å². The zero-order chi connectivity index (χ0) is 21.3. The van der Waals surface area contributed by atoms with E-state index in [0.717, 1.165) is 33.2 Å². The number of pyridine rings is 1. The topological polar surface area (TPSA) is 26.0 Å². The van der Waals surface area contributed by atoms with Crippen LogP contribution in [0, 0.1) is 6.92 Å². The molecule has 0 atom stereocenters. The molecule has 0 amide bonds. The average molecular weight is 422 g/mol. The highest BCUT2D eigenvalue weighted by atomic mass is 32.1. The van der Waals surface area contributed by atoms with Crippen LogP contribution in [0.1, 0.15) is 31.9 Å². The van der Waals surface area contributed by atoms with Crippen molar-refractivity contribution in [3.8, 4) is 11.3 Å². The third-order valence-corrected chi connectivity index (χ3v) is 7.28. The lowest BCUT2D eigenvalue weighted by Gasteiger charge is -2.22. The number of benzene rings is 3. The Balaban J connectivity index is 1.71. The molecule has 31 heavy (non-hydrogen) atoms. The molecule has 0 fully saturated rings. The molecule has 3 aromatic heterocycles. The van der Waals surface area contributed by atoms with Crippen LogP contribution >= 0.6 is 11.3 Å². The Kier molecular flexibility index (Phi) is 3.85. The van der Waals surface area contributed by atoms with Crippen LogP contribution in [0.5, 0.6) is 0 Å². The fourth-order valence-electron chi connectivity index (χ4n) is 4.70. The minimum Gasteiger partial charge on any atom is -0.453 e. The highest BCUT2D eigenvalue weighted by molar-refractivity contribution is 7.17. The van der Waals surface area contributed by atoms with Crippen molar-refractivity contribution in [1.29, 1.82) is 0 Å². The first-order valence-electron chi connectivity index (χ1n) is 10.6. The van der Waals surface area contributed by atoms with E-state index in [1.165, 1.54) is 32.0 Å². The third kappa shape index (κ3) is 2.73. The lowest BCUT2D eigenvalue weighted by atomic mass is 9.82. The number of fused-ring (bicyclic) bond motifs is 6. The van der Waals surface area contributed by atoms with E-state index in [2.05, 4.69) is 87.7 Å². The summed E-state index contributed by atoms with van der Waals surface area (Å²) in [5.41, 5.74) is 6.46. The van der Waals surface area contributed by atoms with Crippen LogP contribution in [0.25, 0.3) is 54.1 Å². The molecule has 0 aliphatic heterocycles. The predicted molar refractivity (Wildman–Crippen MR) is 133 cm³/mol. The Morgan fingerprint density at radius 1 is 0.871 bits per heavy atom. The lowest BCUT2D eigenvalue weighted by Crippen LogP contribution is -2.12. The summed E-state index contributed by atoms with van der Waals surface area (Å²) in [5.74, 6) is 0. The zero-order valence-corrected chi connectivity index (χ0v) is 18.9. The molecule has 0 bridgehead atoms. The fourth-order valence-corrected chi connectivity index (χ4v) is 5.64. The zero-order valence-electron chi connectivity index (χ0n) is 18.1. The van der Waals surface area contributed by atoms with Crippen LogP contribution in [0.15, 0.2) is 70.6 Å². The average Bonchev–Trinajstić information content (AvgIpc) is 3.32. The van der Waals surface area contributed by atoms with Gasteiger partial charge >= 0.3 is 0 Å². The predicted octanol–water partition coefficient (Wildman–Crippen LogP) is 8.62. The van der Waals surface area contributed by atoms with Crippen molar-refractivity contribution >= 4 is 54.1 Å². The normalized spacial score (nSPS) is 12.5. The SMILES string of the molecule is Cc1csc2ccc3c4ccnc(-c5cc(C(C)(C)C)c6ccccc6c5)c4oc3c12. The first-order valence-corrected chi connectivity index (χ1v) is 11.5. The highest BCUT2D eigenvalue weighted by Crippen LogP contribution is 2.41. The number of hydrogen-bond acceptors (Lipinski definition) is 3. The molecule has 0 saturated heterocycles. The van der Waals surface area contributed by atoms with Crippen LogP contribution in [-0.2, 0) is 5.41 Å². The van der Waals surface area contributed by atoms with Gasteiger partial charge in [-0.15, -0.1) is 11.3 Å². The second kappa shape index (κ2) is 6.41. The molecule has 6 rings (SSSR count). The minimum atomic E-state index is 0.0251. The standard InChI is InChI=1S/C28H23NOS/c1-16-15-31-23-10-9-20-21-11-12-29-25(27(21)30-26(20)24(16)23)18-13-17-7-5-6-8-19(17)22(14-18)28(2,3)4/h5-15H,1-4H3. The van der Waals surface area contributed by atoms with Crippen LogP contribution in [0.3, 0.4) is 0 Å². The smallest absolute Gasteiger partial charge is 0.161 e. The maximum atomic E-state index is 6.57. The van der Waals surface area contributed by atoms with Gasteiger partial charge in [0.15, 0.2) is 5.58 Å². The number of thiophene rings is 1. The number of nitrogens with zero attached hydrogens (tertiary/aromatic N) is 1. The van der Waals surface area contributed by atoms with E-state index in [1.807, 2.05) is 6.20 Å². The van der Waals surface area contributed by atoms with Gasteiger partial charge in [0.1, 0.15) is 11.3 Å². The summed E-state index contributed by atoms with van der Waals surface area (Å²) in [5, 5.41) is 8.23. The molecule has 3 heteroatoms. The van der Waals surface area contributed by atoms with Crippen LogP contribution in [0.4, 0.5) is 0 Å². The minimum absolute atomic E-state index is 0.0251. The van der Waals surface area contributed by atoms with Gasteiger partial charge in [-0.2, -0.15) is 0 Å². The van der Waals surface area contributed by atoms with Gasteiger partial charge in [0.05, 0.1) is 0 Å². The second-order valence-corrected chi connectivity index (χ2v) is 10.3. The number of aromatic nitrogens is 1. The number of hydrogen-bond donors (Lipinski definition) is 0. The number of aryl methyl sites for hydroxylation is 1. The first-order chi connectivity index (χ1) is 14.9. The highest BCUT2D eigenvalue weighted by Gasteiger charge is 2.21. The van der Waals surface area contributed by atoms with Gasteiger partial charge in [-0.25, -0.2) is 0 Å². The van der Waals surface area contributed by atoms with Gasteiger partial charge in [0.25, 0.3) is 0 Å². The molecule has 0 aliphatic carbocycles. The van der Waals surface area contributed by atoms with Crippen molar-refractivity contribution in [3.63, 3.8) is 0 Å². The fraction of sp³-hybridized carbons (Fsp3) is 0.179. The second-order valence-electron chi connectivity index (χ2n) is 9.37. The molecule has 2 nitrogen and oxygen atoms in total. The van der Waals surface area contributed by atoms with Gasteiger partial charge in [0.2, 0.25) is 0 Å². The van der Waals surface area contributed by atoms with E-state index in [-0.39, 0.29) is 5.41 Å². The molecule has 0 radical (unpaired) electrons. The molecular weight excluding hydrogens is 398 g/mol. The summed E-state index contributed by atoms with van der Waals surface area (Å²) in [6.07, 6.45) is 1.91. The van der Waals surface area contributed by atoms with Gasteiger partial charge in [-0.05, 0) is 69.9 Å². The summed E-state index contributed by atoms with van der Waals surface area (Å²) < 4.78 is 7.84. The Bertz CT molecular complexity index is 1630. The lowest BCUT2D eigenvalue weighted by molar-refractivity contribution is 0.596. The molecule has 0 saturated carbocycles. The third-order valence-electron chi connectivity index (χ3n) is 6.22. The van der Waals surface area contributed by atoms with Crippen LogP contribution in [0.2, 0.25) is 0 Å². The van der Waals surface area contributed by atoms with Gasteiger partial charge in [-0.1, -0.05) is 45.0 Å². The summed E-state index contributed by atoms with van der Waals surface area (Å²) in [6.45, 7) is 8.96. The van der Waals surface area contributed by atoms with E-state index in [4.69, 9.17) is 9.40 Å². The Hall–Kier alpha value is -3.17. The maximum Gasteiger partial charge on any atom is 0.161 e. The largest absolute Gasteiger partial charge is 0.453 e. The van der Waals surface area contributed by atoms with Gasteiger partial charge < -0.3 is 4.42 Å². The Morgan fingerprint density at radius 3 is 2.52 bits per heavy atom.